The Balaban J connectivity index is 2.15. The van der Waals surface area contributed by atoms with E-state index < -0.39 is 0 Å². The van der Waals surface area contributed by atoms with E-state index in [1.165, 1.54) is 12.0 Å². The van der Waals surface area contributed by atoms with Crippen molar-refractivity contribution in [1.29, 1.82) is 5.26 Å². The van der Waals surface area contributed by atoms with Crippen molar-refractivity contribution in [3.05, 3.63) is 70.5 Å². The number of hydrogen-bond donors (Lipinski definition) is 0. The van der Waals surface area contributed by atoms with Crippen molar-refractivity contribution in [2.24, 2.45) is 0 Å². The predicted molar refractivity (Wildman–Crippen MR) is 116 cm³/mol. The normalized spacial score (nSPS) is 10.3. The minimum absolute atomic E-state index is 0.301. The van der Waals surface area contributed by atoms with E-state index in [-0.39, 0.29) is 5.91 Å². The summed E-state index contributed by atoms with van der Waals surface area (Å²) in [5.74, 6) is 0.581. The molecule has 0 spiro atoms. The summed E-state index contributed by atoms with van der Waals surface area (Å²) in [6.45, 7) is 1.80. The number of halogens is 1. The fourth-order valence-corrected chi connectivity index (χ4v) is 3.42. The minimum Gasteiger partial charge on any atom is -0.496 e. The van der Waals surface area contributed by atoms with Gasteiger partial charge in [-0.2, -0.15) is 5.26 Å². The molecule has 0 saturated carbocycles. The van der Waals surface area contributed by atoms with Crippen LogP contribution in [0.1, 0.15) is 21.6 Å². The summed E-state index contributed by atoms with van der Waals surface area (Å²) >= 11 is 6.47. The van der Waals surface area contributed by atoms with Crippen LogP contribution in [0.3, 0.4) is 0 Å². The highest BCUT2D eigenvalue weighted by Crippen LogP contribution is 2.37. The van der Waals surface area contributed by atoms with Gasteiger partial charge >= 0.3 is 0 Å². The first-order valence-corrected chi connectivity index (χ1v) is 9.44. The molecule has 0 aliphatic heterocycles. The summed E-state index contributed by atoms with van der Waals surface area (Å²) in [7, 11) is 4.67. The molecule has 0 saturated heterocycles. The lowest BCUT2D eigenvalue weighted by Crippen LogP contribution is -2.27. The van der Waals surface area contributed by atoms with Gasteiger partial charge in [-0.15, -0.1) is 0 Å². The largest absolute Gasteiger partial charge is 0.496 e. The summed E-state index contributed by atoms with van der Waals surface area (Å²) in [5, 5.41) is 9.89. The second-order valence-electron chi connectivity index (χ2n) is 6.55. The number of methoxy groups -OCH3 is 2. The fourth-order valence-electron chi connectivity index (χ4n) is 3.16. The number of benzene rings is 2. The Morgan fingerprint density at radius 1 is 1.10 bits per heavy atom. The highest BCUT2D eigenvalue weighted by atomic mass is 35.5. The number of ether oxygens (including phenoxy) is 2. The number of rotatable bonds is 5. The van der Waals surface area contributed by atoms with Gasteiger partial charge in [0.25, 0.3) is 5.91 Å². The van der Waals surface area contributed by atoms with Gasteiger partial charge in [0.15, 0.2) is 0 Å². The molecule has 0 aliphatic carbocycles. The number of carbonyl (C=O) groups is 1. The molecule has 0 radical (unpaired) electrons. The Labute approximate surface area is 180 Å². The Morgan fingerprint density at radius 2 is 1.80 bits per heavy atom. The smallest absolute Gasteiger partial charge is 0.261 e. The van der Waals surface area contributed by atoms with Crippen LogP contribution in [0.5, 0.6) is 11.5 Å². The lowest BCUT2D eigenvalue weighted by Gasteiger charge is -2.22. The Hall–Kier alpha value is -3.56. The average Bonchev–Trinajstić information content (AvgIpc) is 2.77. The lowest BCUT2D eigenvalue weighted by atomic mass is 9.98. The zero-order valence-electron chi connectivity index (χ0n) is 17.1. The van der Waals surface area contributed by atoms with Crippen LogP contribution >= 0.6 is 11.6 Å². The third kappa shape index (κ3) is 3.93. The van der Waals surface area contributed by atoms with Gasteiger partial charge < -0.3 is 14.4 Å². The Bertz CT molecular complexity index is 1150. The van der Waals surface area contributed by atoms with Gasteiger partial charge in [0.2, 0.25) is 0 Å². The zero-order valence-corrected chi connectivity index (χ0v) is 17.8. The number of aryl methyl sites for hydroxylation is 1. The molecule has 30 heavy (non-hydrogen) atoms. The molecule has 0 fully saturated rings. The van der Waals surface area contributed by atoms with E-state index in [1.807, 2.05) is 12.1 Å². The second kappa shape index (κ2) is 8.85. The Kier molecular flexibility index (Phi) is 6.24. The van der Waals surface area contributed by atoms with Crippen LogP contribution in [0.15, 0.2) is 48.7 Å². The molecule has 2 aromatic carbocycles. The number of hydrogen-bond acceptors (Lipinski definition) is 5. The fraction of sp³-hybridized carbons (Fsp3) is 0.174. The highest BCUT2D eigenvalue weighted by molar-refractivity contribution is 6.34. The van der Waals surface area contributed by atoms with Crippen LogP contribution in [0.2, 0.25) is 5.02 Å². The molecule has 0 unspecified atom stereocenters. The number of nitrogens with zero attached hydrogens (tertiary/aromatic N) is 3. The summed E-state index contributed by atoms with van der Waals surface area (Å²) in [5.41, 5.74) is 3.12. The third-order valence-electron chi connectivity index (χ3n) is 4.72. The standard InChI is InChI=1S/C23H20ClN3O3/c1-14-9-15(12-25)18(13-26-14)16-10-17(22(30-4)11-19(16)24)23(28)27(2)20-7-5-6-8-21(20)29-3/h5-11,13H,1-4H3. The maximum Gasteiger partial charge on any atom is 0.261 e. The number of nitriles is 1. The first-order valence-electron chi connectivity index (χ1n) is 9.07. The third-order valence-corrected chi connectivity index (χ3v) is 5.03. The van der Waals surface area contributed by atoms with Gasteiger partial charge in [-0.1, -0.05) is 23.7 Å². The molecule has 6 nitrogen and oxygen atoms in total. The van der Waals surface area contributed by atoms with E-state index in [9.17, 15) is 10.1 Å². The van der Waals surface area contributed by atoms with Crippen LogP contribution in [0.25, 0.3) is 11.1 Å². The Morgan fingerprint density at radius 3 is 2.47 bits per heavy atom. The van der Waals surface area contributed by atoms with E-state index in [0.717, 1.165) is 0 Å². The number of pyridine rings is 1. The van der Waals surface area contributed by atoms with Gasteiger partial charge in [-0.3, -0.25) is 9.78 Å². The molecule has 152 valence electrons. The summed E-state index contributed by atoms with van der Waals surface area (Å²) in [4.78, 5) is 19.1. The molecule has 3 aromatic rings. The van der Waals surface area contributed by atoms with Crippen molar-refractivity contribution in [2.45, 2.75) is 6.92 Å². The van der Waals surface area contributed by atoms with Gasteiger partial charge in [0, 0.05) is 36.1 Å². The molecule has 0 N–H and O–H groups in total. The van der Waals surface area contributed by atoms with Crippen molar-refractivity contribution in [3.8, 4) is 28.7 Å². The number of para-hydroxylation sites is 2. The maximum atomic E-state index is 13.4. The number of amides is 1. The quantitative estimate of drug-likeness (QED) is 0.587. The van der Waals surface area contributed by atoms with Crippen molar-refractivity contribution in [1.82, 2.24) is 4.98 Å². The number of anilines is 1. The predicted octanol–water partition coefficient (Wildman–Crippen LogP) is 4.88. The molecule has 7 heteroatoms. The molecule has 1 amide bonds. The van der Waals surface area contributed by atoms with E-state index >= 15 is 0 Å². The highest BCUT2D eigenvalue weighted by Gasteiger charge is 2.23. The van der Waals surface area contributed by atoms with Gasteiger partial charge in [0.05, 0.1) is 42.1 Å². The van der Waals surface area contributed by atoms with Crippen LogP contribution in [-0.2, 0) is 0 Å². The monoisotopic (exact) mass is 421 g/mol. The molecule has 0 aliphatic rings. The molecule has 1 heterocycles. The first-order chi connectivity index (χ1) is 14.4. The molecule has 0 bridgehead atoms. The molecular weight excluding hydrogens is 402 g/mol. The van der Waals surface area contributed by atoms with Crippen LogP contribution in [-0.4, -0.2) is 32.2 Å². The van der Waals surface area contributed by atoms with Gasteiger partial charge in [-0.25, -0.2) is 0 Å². The molecule has 1 aromatic heterocycles. The minimum atomic E-state index is -0.312. The summed E-state index contributed by atoms with van der Waals surface area (Å²) in [6.07, 6.45) is 1.58. The van der Waals surface area contributed by atoms with E-state index in [2.05, 4.69) is 11.1 Å². The molecule has 3 rings (SSSR count). The topological polar surface area (TPSA) is 75.5 Å². The maximum absolute atomic E-state index is 13.4. The van der Waals surface area contributed by atoms with Crippen LogP contribution in [0, 0.1) is 18.3 Å². The molecular formula is C23H20ClN3O3. The van der Waals surface area contributed by atoms with Crippen LogP contribution < -0.4 is 14.4 Å². The number of aromatic nitrogens is 1. The van der Waals surface area contributed by atoms with Gasteiger partial charge in [0.1, 0.15) is 11.5 Å². The lowest BCUT2D eigenvalue weighted by molar-refractivity contribution is 0.0989. The second-order valence-corrected chi connectivity index (χ2v) is 6.96. The van der Waals surface area contributed by atoms with Crippen molar-refractivity contribution in [3.63, 3.8) is 0 Å². The van der Waals surface area contributed by atoms with Crippen molar-refractivity contribution < 1.29 is 14.3 Å². The summed E-state index contributed by atoms with van der Waals surface area (Å²) in [6, 6.07) is 14.3. The van der Waals surface area contributed by atoms with E-state index in [4.69, 9.17) is 21.1 Å². The SMILES string of the molecule is COc1cc(Cl)c(-c2cnc(C)cc2C#N)cc1C(=O)N(C)c1ccccc1OC. The summed E-state index contributed by atoms with van der Waals surface area (Å²) < 4.78 is 10.8. The molecule has 0 atom stereocenters. The van der Waals surface area contributed by atoms with Crippen LogP contribution in [0.4, 0.5) is 5.69 Å². The van der Waals surface area contributed by atoms with Gasteiger partial charge in [-0.05, 0) is 31.2 Å². The van der Waals surface area contributed by atoms with E-state index in [1.54, 1.807) is 57.6 Å². The van der Waals surface area contributed by atoms with Crippen molar-refractivity contribution >= 4 is 23.2 Å². The number of carbonyl (C=O) groups excluding carboxylic acids is 1. The average molecular weight is 422 g/mol. The van der Waals surface area contributed by atoms with E-state index in [0.29, 0.717) is 50.2 Å². The zero-order chi connectivity index (χ0) is 21.8. The first kappa shape index (κ1) is 21.2. The van der Waals surface area contributed by atoms with Crippen molar-refractivity contribution in [2.75, 3.05) is 26.2 Å².